The minimum atomic E-state index is -0.248. The van der Waals surface area contributed by atoms with Crippen molar-refractivity contribution < 1.29 is 62.3 Å². The van der Waals surface area contributed by atoms with E-state index < -0.39 is 0 Å². The van der Waals surface area contributed by atoms with Gasteiger partial charge in [0.1, 0.15) is 19.8 Å². The highest BCUT2D eigenvalue weighted by Crippen LogP contribution is 2.07. The summed E-state index contributed by atoms with van der Waals surface area (Å²) in [5.74, 6) is -0.00254. The van der Waals surface area contributed by atoms with E-state index in [2.05, 4.69) is 52.5 Å². The van der Waals surface area contributed by atoms with Crippen LogP contribution in [-0.2, 0) is 43.2 Å². The highest BCUT2D eigenvalue weighted by Gasteiger charge is 2.04. The van der Waals surface area contributed by atoms with Gasteiger partial charge in [0.15, 0.2) is 29.7 Å². The number of amides is 2. The molecule has 23 heteroatoms. The zero-order valence-electron chi connectivity index (χ0n) is 52.9. The number of likely N-dealkylation sites (N-methyl/N-ethyl adjacent to an activating group) is 1. The number of unbranched alkanes of at least 4 members (excludes halogenated alkanes) is 2. The molecule has 0 fully saturated rings. The molecule has 0 saturated carbocycles. The first-order chi connectivity index (χ1) is 42.7. The van der Waals surface area contributed by atoms with Crippen LogP contribution in [0.1, 0.15) is 136 Å². The number of ether oxygens (including phenoxy) is 3. The Hall–Kier alpha value is -7.90. The summed E-state index contributed by atoms with van der Waals surface area (Å²) in [4.78, 5) is 87.7. The highest BCUT2D eigenvalue weighted by molar-refractivity contribution is 5.96. The fourth-order valence-electron chi connectivity index (χ4n) is 6.67. The summed E-state index contributed by atoms with van der Waals surface area (Å²) in [5, 5.41) is 32.9. The quantitative estimate of drug-likeness (QED) is 0.0114. The fourth-order valence-corrected chi connectivity index (χ4v) is 6.67. The molecule has 4 rings (SSSR count). The van der Waals surface area contributed by atoms with E-state index in [0.29, 0.717) is 108 Å². The fraction of sp³-hybridized carbons (Fsp3) is 0.477. The monoisotopic (exact) mass is 1220 g/mol. The maximum absolute atomic E-state index is 11.7. The smallest absolute Gasteiger partial charge is 0.260 e. The Kier molecular flexibility index (Phi) is 48.4. The average molecular weight is 1230 g/mol. The van der Waals surface area contributed by atoms with Gasteiger partial charge in [0.25, 0.3) is 5.91 Å². The second-order valence-electron chi connectivity index (χ2n) is 19.2. The first-order valence-corrected chi connectivity index (χ1v) is 29.6. The molecule has 2 amide bonds. The number of ketones is 4. The van der Waals surface area contributed by atoms with Gasteiger partial charge in [-0.1, -0.05) is 118 Å². The molecule has 0 radical (unpaired) electrons. The summed E-state index contributed by atoms with van der Waals surface area (Å²) >= 11 is 0. The van der Waals surface area contributed by atoms with Crippen LogP contribution in [0.2, 0.25) is 0 Å². The number of carbonyl (C=O) groups is 6. The van der Waals surface area contributed by atoms with Crippen molar-refractivity contribution in [2.75, 3.05) is 134 Å². The van der Waals surface area contributed by atoms with E-state index in [1.54, 1.807) is 93.2 Å². The first-order valence-electron chi connectivity index (χ1n) is 29.6. The number of carbonyl (C=O) groups excluding carboxylic acids is 6. The number of nitrogens with one attached hydrogen (secondary N) is 6. The number of hydrogen-bond acceptors (Lipinski definition) is 21. The van der Waals surface area contributed by atoms with Crippen LogP contribution >= 0.6 is 0 Å². The van der Waals surface area contributed by atoms with Crippen LogP contribution in [0.3, 0.4) is 0 Å². The van der Waals surface area contributed by atoms with Gasteiger partial charge < -0.3 is 65.5 Å². The van der Waals surface area contributed by atoms with Gasteiger partial charge in [-0.3, -0.25) is 28.8 Å². The van der Waals surface area contributed by atoms with E-state index in [1.807, 2.05) is 64.6 Å². The molecule has 0 aliphatic rings. The summed E-state index contributed by atoms with van der Waals surface area (Å²) in [7, 11) is 7.53. The molecular weight excluding hydrogens is 1130 g/mol. The van der Waals surface area contributed by atoms with Gasteiger partial charge in [-0.2, -0.15) is 0 Å². The van der Waals surface area contributed by atoms with Crippen molar-refractivity contribution in [3.8, 4) is 0 Å². The van der Waals surface area contributed by atoms with E-state index in [9.17, 15) is 28.8 Å². The van der Waals surface area contributed by atoms with Gasteiger partial charge in [0.2, 0.25) is 5.91 Å². The van der Waals surface area contributed by atoms with E-state index >= 15 is 0 Å². The Morgan fingerprint density at radius 3 is 1.01 bits per heavy atom. The lowest BCUT2D eigenvalue weighted by Crippen LogP contribution is -2.28. The molecule has 0 aliphatic heterocycles. The van der Waals surface area contributed by atoms with Gasteiger partial charge in [-0.25, -0.2) is 0 Å². The normalized spacial score (nSPS) is 10.8. The van der Waals surface area contributed by atoms with E-state index in [-0.39, 0.29) is 41.6 Å². The van der Waals surface area contributed by atoms with Crippen molar-refractivity contribution in [2.45, 2.75) is 72.6 Å². The van der Waals surface area contributed by atoms with Crippen molar-refractivity contribution in [3.05, 3.63) is 142 Å². The molecule has 0 atom stereocenters. The van der Waals surface area contributed by atoms with Crippen LogP contribution in [0, 0.1) is 0 Å². The third kappa shape index (κ3) is 44.5. The lowest BCUT2D eigenvalue weighted by Gasteiger charge is -2.07. The summed E-state index contributed by atoms with van der Waals surface area (Å²) in [6.45, 7) is 15.7. The van der Waals surface area contributed by atoms with Crippen molar-refractivity contribution in [1.29, 1.82) is 0 Å². The van der Waals surface area contributed by atoms with Crippen LogP contribution in [0.5, 0.6) is 0 Å². The number of rotatable bonds is 44. The summed E-state index contributed by atoms with van der Waals surface area (Å²) < 4.78 is 16.3. The lowest BCUT2D eigenvalue weighted by atomic mass is 10.1. The molecular formula is C65H96N10O13. The van der Waals surface area contributed by atoms with Crippen LogP contribution in [0.4, 0.5) is 0 Å². The Morgan fingerprint density at radius 2 is 0.636 bits per heavy atom. The van der Waals surface area contributed by atoms with Gasteiger partial charge in [-0.05, 0) is 130 Å². The maximum atomic E-state index is 11.7. The van der Waals surface area contributed by atoms with Crippen LogP contribution in [-0.4, -0.2) is 193 Å². The van der Waals surface area contributed by atoms with E-state index in [0.717, 1.165) is 80.6 Å². The predicted molar refractivity (Wildman–Crippen MR) is 346 cm³/mol. The molecule has 23 nitrogen and oxygen atoms in total. The van der Waals surface area contributed by atoms with Crippen molar-refractivity contribution in [1.82, 2.24) is 31.9 Å². The topological polar surface area (TPSA) is 289 Å². The standard InChI is InChI=1S/C22H35N3O6.C17H25N3O3.C14H20N2O2.C12H16N2O2/c1-19(26)21-7-5-20(6-8-21)17-25-31-18-22(27)24-10-4-12-29-14-16-30-15-13-28-11-3-9-23-2;1-14(21)16-7-5-15(6-8-16)13-20-23-12-4-3-10-19-17(22)9-11-18-2;1-12(17)14-7-5-13(6-8-14)11-16-18-10-4-3-9-15-2;1-10(15)12-5-3-11(4-6-12)9-14-16-8-7-13-2/h5-8,17,23H,3-4,9-16,18H2,1-2H3,(H,24,27);5-8,13,18H,3-4,9-12H2,1-2H3,(H,19,22);5-8,11,15H,3-4,9-10H2,1-2H3;3-6,9,13H,7-8H2,1-2H3. The second-order valence-corrected chi connectivity index (χ2v) is 19.2. The number of oxime groups is 4. The van der Waals surface area contributed by atoms with Gasteiger partial charge >= 0.3 is 0 Å². The molecule has 484 valence electrons. The molecule has 4 aromatic rings. The molecule has 0 unspecified atom stereocenters. The van der Waals surface area contributed by atoms with Crippen molar-refractivity contribution in [2.24, 2.45) is 20.6 Å². The number of nitrogens with zero attached hydrogens (tertiary/aromatic N) is 4. The molecule has 0 aliphatic carbocycles. The molecule has 88 heavy (non-hydrogen) atoms. The summed E-state index contributed by atoms with van der Waals surface area (Å²) in [6.07, 6.45) is 12.3. The number of benzene rings is 4. The molecule has 0 aromatic heterocycles. The van der Waals surface area contributed by atoms with Crippen molar-refractivity contribution in [3.63, 3.8) is 0 Å². The predicted octanol–water partition coefficient (Wildman–Crippen LogP) is 6.85. The maximum Gasteiger partial charge on any atom is 0.260 e. The highest BCUT2D eigenvalue weighted by atomic mass is 16.6. The molecule has 4 aromatic carbocycles. The van der Waals surface area contributed by atoms with Crippen LogP contribution in [0.25, 0.3) is 0 Å². The summed E-state index contributed by atoms with van der Waals surface area (Å²) in [5.41, 5.74) is 6.23. The third-order valence-corrected chi connectivity index (χ3v) is 11.8. The SMILES string of the molecule is CNCCC(=O)NCCCCON=Cc1ccc(C(C)=O)cc1.CNCCCCON=Cc1ccc(C(C)=O)cc1.CNCCCOCCOCCOCCCNC(=O)CON=Cc1ccc(C(C)=O)cc1.CNCCON=Cc1ccc(C(C)=O)cc1. The zero-order chi connectivity index (χ0) is 64.5. The first kappa shape index (κ1) is 78.1. The molecule has 0 saturated heterocycles. The third-order valence-electron chi connectivity index (χ3n) is 11.8. The largest absolute Gasteiger partial charge is 0.396 e. The minimum absolute atomic E-state index is 0.00650. The minimum Gasteiger partial charge on any atom is -0.396 e. The van der Waals surface area contributed by atoms with Crippen LogP contribution in [0.15, 0.2) is 118 Å². The Labute approximate surface area is 520 Å². The number of hydrogen-bond donors (Lipinski definition) is 6. The summed E-state index contributed by atoms with van der Waals surface area (Å²) in [6, 6.07) is 28.6. The van der Waals surface area contributed by atoms with Crippen molar-refractivity contribution >= 4 is 59.8 Å². The van der Waals surface area contributed by atoms with Gasteiger partial charge in [0, 0.05) is 68.1 Å². The Balaban J connectivity index is 0.000000606. The Morgan fingerprint density at radius 1 is 0.330 bits per heavy atom. The second kappa shape index (κ2) is 54.5. The molecule has 0 spiro atoms. The average Bonchev–Trinajstić information content (AvgIpc) is 3.66. The van der Waals surface area contributed by atoms with Gasteiger partial charge in [0.05, 0.1) is 51.3 Å². The van der Waals surface area contributed by atoms with Gasteiger partial charge in [-0.15, -0.1) is 0 Å². The zero-order valence-corrected chi connectivity index (χ0v) is 52.9. The van der Waals surface area contributed by atoms with Crippen LogP contribution < -0.4 is 31.9 Å². The lowest BCUT2D eigenvalue weighted by molar-refractivity contribution is -0.125. The van der Waals surface area contributed by atoms with E-state index in [4.69, 9.17) is 33.6 Å². The van der Waals surface area contributed by atoms with E-state index in [1.165, 1.54) is 20.1 Å². The number of Topliss-reactive ketones (excluding diaryl/α,β-unsaturated/α-hetero) is 4. The Bertz CT molecular complexity index is 2600. The molecule has 0 heterocycles. The molecule has 0 bridgehead atoms. The molecule has 6 N–H and O–H groups in total.